The van der Waals surface area contributed by atoms with Crippen LogP contribution in [0.15, 0.2) is 72.8 Å². The van der Waals surface area contributed by atoms with Crippen molar-refractivity contribution in [3.8, 4) is 11.1 Å². The highest BCUT2D eigenvalue weighted by Crippen LogP contribution is 2.33. The molecule has 0 spiro atoms. The molecule has 0 aliphatic heterocycles. The molecule has 4 rings (SSSR count). The molecule has 4 aromatic carbocycles. The molecular weight excluding hydrogens is 278 g/mol. The summed E-state index contributed by atoms with van der Waals surface area (Å²) in [6, 6.07) is 21.6. The Morgan fingerprint density at radius 3 is 2.09 bits per heavy atom. The summed E-state index contributed by atoms with van der Waals surface area (Å²) in [5, 5.41) is 3.02. The van der Waals surface area contributed by atoms with E-state index in [1.165, 1.54) is 6.07 Å². The van der Waals surface area contributed by atoms with Crippen molar-refractivity contribution in [3.05, 3.63) is 84.4 Å². The van der Waals surface area contributed by atoms with Crippen LogP contribution in [0.2, 0.25) is 0 Å². The Labute approximate surface area is 126 Å². The highest BCUT2D eigenvalue weighted by Gasteiger charge is 2.15. The van der Waals surface area contributed by atoms with Gasteiger partial charge < -0.3 is 0 Å². The van der Waals surface area contributed by atoms with Crippen molar-refractivity contribution in [2.45, 2.75) is 0 Å². The lowest BCUT2D eigenvalue weighted by atomic mass is 9.97. The Hall–Kier alpha value is -2.74. The van der Waals surface area contributed by atoms with Gasteiger partial charge in [-0.3, -0.25) is 0 Å². The van der Waals surface area contributed by atoms with Gasteiger partial charge in [0.15, 0.2) is 0 Å². The Bertz CT molecular complexity index is 1000. The summed E-state index contributed by atoms with van der Waals surface area (Å²) in [4.78, 5) is 0. The third-order valence-electron chi connectivity index (χ3n) is 3.98. The van der Waals surface area contributed by atoms with Crippen LogP contribution < -0.4 is 0 Å². The number of rotatable bonds is 1. The second kappa shape index (κ2) is 4.92. The molecule has 22 heavy (non-hydrogen) atoms. The lowest BCUT2D eigenvalue weighted by molar-refractivity contribution is 0.598. The van der Waals surface area contributed by atoms with E-state index < -0.39 is 11.6 Å². The maximum Gasteiger partial charge on any atom is 0.141 e. The molecule has 0 unspecified atom stereocenters. The molecule has 0 nitrogen and oxygen atoms in total. The van der Waals surface area contributed by atoms with Gasteiger partial charge in [-0.2, -0.15) is 0 Å². The highest BCUT2D eigenvalue weighted by molar-refractivity contribution is 5.92. The van der Waals surface area contributed by atoms with Crippen LogP contribution in [0.4, 0.5) is 8.78 Å². The first-order valence-corrected chi connectivity index (χ1v) is 7.10. The lowest BCUT2D eigenvalue weighted by Gasteiger charge is -2.10. The minimum absolute atomic E-state index is 0.0319. The molecule has 0 aliphatic carbocycles. The van der Waals surface area contributed by atoms with Gasteiger partial charge in [-0.15, -0.1) is 0 Å². The third-order valence-corrected chi connectivity index (χ3v) is 3.98. The van der Waals surface area contributed by atoms with E-state index in [1.807, 2.05) is 36.4 Å². The van der Waals surface area contributed by atoms with E-state index in [2.05, 4.69) is 0 Å². The molecule has 2 heteroatoms. The topological polar surface area (TPSA) is 0 Å². The predicted molar refractivity (Wildman–Crippen MR) is 86.8 cm³/mol. The van der Waals surface area contributed by atoms with Crippen molar-refractivity contribution in [2.24, 2.45) is 0 Å². The highest BCUT2D eigenvalue weighted by atomic mass is 19.1. The minimum Gasteiger partial charge on any atom is -0.206 e. The van der Waals surface area contributed by atoms with Crippen LogP contribution in [0.1, 0.15) is 0 Å². The van der Waals surface area contributed by atoms with Crippen LogP contribution in [0.3, 0.4) is 0 Å². The van der Waals surface area contributed by atoms with Crippen molar-refractivity contribution >= 4 is 21.5 Å². The van der Waals surface area contributed by atoms with E-state index in [0.29, 0.717) is 16.3 Å². The number of benzene rings is 4. The van der Waals surface area contributed by atoms with Gasteiger partial charge in [0.25, 0.3) is 0 Å². The number of halogens is 2. The monoisotopic (exact) mass is 290 g/mol. The fourth-order valence-corrected chi connectivity index (χ4v) is 2.88. The van der Waals surface area contributed by atoms with E-state index in [9.17, 15) is 8.78 Å². The molecule has 0 bridgehead atoms. The van der Waals surface area contributed by atoms with Gasteiger partial charge in [-0.1, -0.05) is 60.7 Å². The number of hydrogen-bond acceptors (Lipinski definition) is 0. The average Bonchev–Trinajstić information content (AvgIpc) is 2.55. The second-order valence-electron chi connectivity index (χ2n) is 5.33. The molecule has 0 fully saturated rings. The number of hydrogen-bond donors (Lipinski definition) is 0. The van der Waals surface area contributed by atoms with Gasteiger partial charge in [0.05, 0.1) is 5.56 Å². The molecule has 0 saturated heterocycles. The summed E-state index contributed by atoms with van der Waals surface area (Å²) in [7, 11) is 0. The van der Waals surface area contributed by atoms with Crippen molar-refractivity contribution in [1.82, 2.24) is 0 Å². The molecule has 0 heterocycles. The molecule has 0 radical (unpaired) electrons. The molecule has 4 aromatic rings. The molecule has 0 saturated carbocycles. The lowest BCUT2D eigenvalue weighted by Crippen LogP contribution is -1.92. The van der Waals surface area contributed by atoms with Crippen molar-refractivity contribution in [3.63, 3.8) is 0 Å². The van der Waals surface area contributed by atoms with E-state index in [1.54, 1.807) is 30.3 Å². The first-order chi connectivity index (χ1) is 10.7. The SMILES string of the molecule is Fc1cc2ccccc2c(F)c1-c1ccc2ccccc2c1. The molecule has 0 atom stereocenters. The molecule has 0 N–H and O–H groups in total. The zero-order chi connectivity index (χ0) is 15.1. The Kier molecular flexibility index (Phi) is 2.90. The van der Waals surface area contributed by atoms with E-state index >= 15 is 0 Å². The van der Waals surface area contributed by atoms with Crippen LogP contribution in [-0.4, -0.2) is 0 Å². The predicted octanol–water partition coefficient (Wildman–Crippen LogP) is 5.94. The zero-order valence-electron chi connectivity index (χ0n) is 11.7. The van der Waals surface area contributed by atoms with Gasteiger partial charge in [0.2, 0.25) is 0 Å². The van der Waals surface area contributed by atoms with E-state index in [4.69, 9.17) is 0 Å². The molecule has 0 aromatic heterocycles. The second-order valence-corrected chi connectivity index (χ2v) is 5.33. The van der Waals surface area contributed by atoms with Gasteiger partial charge in [-0.25, -0.2) is 8.78 Å². The van der Waals surface area contributed by atoms with Crippen LogP contribution in [0, 0.1) is 11.6 Å². The fraction of sp³-hybridized carbons (Fsp3) is 0. The standard InChI is InChI=1S/C20H12F2/c21-18-12-15-7-3-4-8-17(15)20(22)19(18)16-10-9-13-5-1-2-6-14(13)11-16/h1-12H. The van der Waals surface area contributed by atoms with Crippen LogP contribution in [0.5, 0.6) is 0 Å². The Balaban J connectivity index is 2.03. The van der Waals surface area contributed by atoms with E-state index in [-0.39, 0.29) is 5.56 Å². The maximum absolute atomic E-state index is 14.8. The average molecular weight is 290 g/mol. The molecular formula is C20H12F2. The smallest absolute Gasteiger partial charge is 0.141 e. The minimum atomic E-state index is -0.536. The summed E-state index contributed by atoms with van der Waals surface area (Å²) < 4.78 is 29.2. The van der Waals surface area contributed by atoms with Crippen LogP contribution in [0.25, 0.3) is 32.7 Å². The molecule has 0 amide bonds. The number of fused-ring (bicyclic) bond motifs is 2. The third kappa shape index (κ3) is 1.96. The summed E-state index contributed by atoms with van der Waals surface area (Å²) in [6.45, 7) is 0. The van der Waals surface area contributed by atoms with Crippen molar-refractivity contribution in [1.29, 1.82) is 0 Å². The molecule has 0 aliphatic rings. The quantitative estimate of drug-likeness (QED) is 0.407. The first kappa shape index (κ1) is 13.0. The largest absolute Gasteiger partial charge is 0.206 e. The van der Waals surface area contributed by atoms with Gasteiger partial charge in [0.1, 0.15) is 11.6 Å². The van der Waals surface area contributed by atoms with Crippen LogP contribution in [-0.2, 0) is 0 Å². The van der Waals surface area contributed by atoms with E-state index in [0.717, 1.165) is 10.8 Å². The maximum atomic E-state index is 14.8. The van der Waals surface area contributed by atoms with Gasteiger partial charge >= 0.3 is 0 Å². The van der Waals surface area contributed by atoms with Crippen LogP contribution >= 0.6 is 0 Å². The normalized spacial score (nSPS) is 11.2. The van der Waals surface area contributed by atoms with Crippen molar-refractivity contribution < 1.29 is 8.78 Å². The summed E-state index contributed by atoms with van der Waals surface area (Å²) in [5.41, 5.74) is 0.587. The zero-order valence-corrected chi connectivity index (χ0v) is 11.7. The Morgan fingerprint density at radius 2 is 1.27 bits per heavy atom. The fourth-order valence-electron chi connectivity index (χ4n) is 2.88. The Morgan fingerprint density at radius 1 is 0.591 bits per heavy atom. The first-order valence-electron chi connectivity index (χ1n) is 7.10. The molecule has 106 valence electrons. The summed E-state index contributed by atoms with van der Waals surface area (Å²) in [6.07, 6.45) is 0. The van der Waals surface area contributed by atoms with Crippen molar-refractivity contribution in [2.75, 3.05) is 0 Å². The summed E-state index contributed by atoms with van der Waals surface area (Å²) >= 11 is 0. The summed E-state index contributed by atoms with van der Waals surface area (Å²) in [5.74, 6) is -1.04. The van der Waals surface area contributed by atoms with Gasteiger partial charge in [0, 0.05) is 5.39 Å². The van der Waals surface area contributed by atoms with Gasteiger partial charge in [-0.05, 0) is 33.9 Å².